The van der Waals surface area contributed by atoms with Gasteiger partial charge in [-0.05, 0) is 35.4 Å². The maximum absolute atomic E-state index is 12.4. The van der Waals surface area contributed by atoms with E-state index in [0.717, 1.165) is 16.0 Å². The van der Waals surface area contributed by atoms with Crippen LogP contribution in [0, 0.1) is 0 Å². The number of carbonyl (C=O) groups is 1. The molecule has 4 heteroatoms. The highest BCUT2D eigenvalue weighted by atomic mass is 32.1. The van der Waals surface area contributed by atoms with Crippen LogP contribution >= 0.6 is 11.3 Å². The molecule has 0 fully saturated rings. The third-order valence-electron chi connectivity index (χ3n) is 3.75. The number of rotatable bonds is 6. The minimum absolute atomic E-state index is 0.0988. The van der Waals surface area contributed by atoms with E-state index in [1.54, 1.807) is 0 Å². The summed E-state index contributed by atoms with van der Waals surface area (Å²) in [6.45, 7) is 5.99. The van der Waals surface area contributed by atoms with Gasteiger partial charge in [0.05, 0.1) is 17.0 Å². The van der Waals surface area contributed by atoms with Crippen LogP contribution in [0.25, 0.3) is 0 Å². The van der Waals surface area contributed by atoms with Crippen LogP contribution < -0.4 is 5.32 Å². The highest BCUT2D eigenvalue weighted by molar-refractivity contribution is 7.12. The Kier molecular flexibility index (Phi) is 5.75. The average molecular weight is 317 g/mol. The van der Waals surface area contributed by atoms with E-state index in [1.807, 2.05) is 48.7 Å². The van der Waals surface area contributed by atoms with Crippen molar-refractivity contribution >= 4 is 17.2 Å². The van der Waals surface area contributed by atoms with Crippen LogP contribution in [0.5, 0.6) is 0 Å². The Balaban J connectivity index is 1.97. The van der Waals surface area contributed by atoms with Crippen LogP contribution in [0.2, 0.25) is 0 Å². The minimum atomic E-state index is -0.603. The van der Waals surface area contributed by atoms with Gasteiger partial charge in [-0.25, -0.2) is 0 Å². The number of hydrogen-bond donors (Lipinski definition) is 2. The van der Waals surface area contributed by atoms with Crippen molar-refractivity contribution in [3.05, 3.63) is 57.8 Å². The molecule has 2 unspecified atom stereocenters. The van der Waals surface area contributed by atoms with Crippen LogP contribution in [0.15, 0.2) is 41.8 Å². The number of hydrogen-bond acceptors (Lipinski definition) is 3. The van der Waals surface area contributed by atoms with E-state index in [0.29, 0.717) is 12.3 Å². The first kappa shape index (κ1) is 16.7. The Bertz CT molecular complexity index is 607. The zero-order valence-electron chi connectivity index (χ0n) is 13.2. The number of benzene rings is 1. The average Bonchev–Trinajstić information content (AvgIpc) is 2.98. The van der Waals surface area contributed by atoms with Crippen molar-refractivity contribution < 1.29 is 9.90 Å². The number of thiophene rings is 1. The summed E-state index contributed by atoms with van der Waals surface area (Å²) < 4.78 is 0. The number of amides is 1. The smallest absolute Gasteiger partial charge is 0.261 e. The third kappa shape index (κ3) is 4.18. The summed E-state index contributed by atoms with van der Waals surface area (Å²) in [6.07, 6.45) is -0.0714. The fourth-order valence-corrected chi connectivity index (χ4v) is 3.32. The zero-order valence-corrected chi connectivity index (χ0v) is 14.1. The molecule has 0 bridgehead atoms. The largest absolute Gasteiger partial charge is 0.391 e. The van der Waals surface area contributed by atoms with E-state index in [2.05, 4.69) is 19.2 Å². The fraction of sp³-hybridized carbons (Fsp3) is 0.389. The van der Waals surface area contributed by atoms with Crippen LogP contribution in [0.1, 0.15) is 47.5 Å². The normalized spacial score (nSPS) is 13.9. The van der Waals surface area contributed by atoms with Gasteiger partial charge < -0.3 is 10.4 Å². The Labute approximate surface area is 136 Å². The minimum Gasteiger partial charge on any atom is -0.391 e. The maximum Gasteiger partial charge on any atom is 0.261 e. The lowest BCUT2D eigenvalue weighted by molar-refractivity contribution is 0.0854. The Morgan fingerprint density at radius 1 is 1.18 bits per heavy atom. The van der Waals surface area contributed by atoms with E-state index in [1.165, 1.54) is 11.3 Å². The number of carbonyl (C=O) groups excluding carboxylic acids is 1. The molecule has 2 atom stereocenters. The van der Waals surface area contributed by atoms with Crippen molar-refractivity contribution in [1.29, 1.82) is 0 Å². The van der Waals surface area contributed by atoms with Gasteiger partial charge in [0.2, 0.25) is 0 Å². The van der Waals surface area contributed by atoms with Crippen molar-refractivity contribution in [1.82, 2.24) is 5.32 Å². The van der Waals surface area contributed by atoms with Gasteiger partial charge in [0.25, 0.3) is 5.91 Å². The van der Waals surface area contributed by atoms with Gasteiger partial charge in [-0.1, -0.05) is 44.2 Å². The number of nitrogens with one attached hydrogen (secondary N) is 1. The van der Waals surface area contributed by atoms with E-state index < -0.39 is 6.10 Å². The van der Waals surface area contributed by atoms with Crippen LogP contribution in [-0.4, -0.2) is 23.2 Å². The van der Waals surface area contributed by atoms with E-state index in [-0.39, 0.29) is 11.9 Å². The Morgan fingerprint density at radius 2 is 1.86 bits per heavy atom. The molecule has 0 saturated heterocycles. The highest BCUT2D eigenvalue weighted by Crippen LogP contribution is 2.24. The molecule has 1 amide bonds. The van der Waals surface area contributed by atoms with Gasteiger partial charge in [0, 0.05) is 6.42 Å². The second-order valence-electron chi connectivity index (χ2n) is 5.88. The summed E-state index contributed by atoms with van der Waals surface area (Å²) >= 11 is 1.45. The quantitative estimate of drug-likeness (QED) is 0.855. The first-order chi connectivity index (χ1) is 10.5. The molecule has 2 rings (SSSR count). The molecular weight excluding hydrogens is 294 g/mol. The Morgan fingerprint density at radius 3 is 2.50 bits per heavy atom. The van der Waals surface area contributed by atoms with Crippen molar-refractivity contribution in [2.75, 3.05) is 0 Å². The molecule has 0 radical (unpaired) electrons. The number of aliphatic hydroxyl groups is 1. The Hall–Kier alpha value is -1.65. The zero-order chi connectivity index (χ0) is 16.1. The van der Waals surface area contributed by atoms with E-state index in [4.69, 9.17) is 0 Å². The molecule has 1 heterocycles. The molecular formula is C18H23NO2S. The second kappa shape index (κ2) is 7.56. The molecule has 0 aliphatic heterocycles. The van der Waals surface area contributed by atoms with Crippen LogP contribution in [0.3, 0.4) is 0 Å². The molecule has 2 aromatic rings. The summed E-state index contributed by atoms with van der Waals surface area (Å²) in [4.78, 5) is 13.1. The molecule has 0 aliphatic rings. The predicted octanol–water partition coefficient (Wildman–Crippen LogP) is 3.59. The SMILES string of the molecule is CC(C)c1ccsc1C(=O)NC(C)C(O)Cc1ccccc1. The van der Waals surface area contributed by atoms with Crippen LogP contribution in [0.4, 0.5) is 0 Å². The van der Waals surface area contributed by atoms with Gasteiger partial charge in [-0.15, -0.1) is 11.3 Å². The van der Waals surface area contributed by atoms with Crippen molar-refractivity contribution in [3.8, 4) is 0 Å². The monoisotopic (exact) mass is 317 g/mol. The van der Waals surface area contributed by atoms with Crippen LogP contribution in [-0.2, 0) is 6.42 Å². The molecule has 0 aliphatic carbocycles. The van der Waals surface area contributed by atoms with Crippen molar-refractivity contribution in [2.24, 2.45) is 0 Å². The summed E-state index contributed by atoms with van der Waals surface area (Å²) in [5.41, 5.74) is 2.13. The predicted molar refractivity (Wildman–Crippen MR) is 91.5 cm³/mol. The first-order valence-electron chi connectivity index (χ1n) is 7.59. The van der Waals surface area contributed by atoms with Gasteiger partial charge >= 0.3 is 0 Å². The molecule has 0 spiro atoms. The molecule has 1 aromatic carbocycles. The fourth-order valence-electron chi connectivity index (χ4n) is 2.36. The summed E-state index contributed by atoms with van der Waals surface area (Å²) in [7, 11) is 0. The van der Waals surface area contributed by atoms with E-state index >= 15 is 0 Å². The highest BCUT2D eigenvalue weighted by Gasteiger charge is 2.21. The standard InChI is InChI=1S/C18H23NO2S/c1-12(2)15-9-10-22-17(15)18(21)19-13(3)16(20)11-14-7-5-4-6-8-14/h4-10,12-13,16,20H,11H2,1-3H3,(H,19,21). The van der Waals surface area contributed by atoms with Gasteiger partial charge in [0.15, 0.2) is 0 Å². The molecule has 2 N–H and O–H groups in total. The number of aliphatic hydroxyl groups excluding tert-OH is 1. The second-order valence-corrected chi connectivity index (χ2v) is 6.80. The topological polar surface area (TPSA) is 49.3 Å². The van der Waals surface area contributed by atoms with Gasteiger partial charge in [-0.3, -0.25) is 4.79 Å². The molecule has 118 valence electrons. The molecule has 3 nitrogen and oxygen atoms in total. The lowest BCUT2D eigenvalue weighted by Gasteiger charge is -2.20. The lowest BCUT2D eigenvalue weighted by Crippen LogP contribution is -2.42. The molecule has 22 heavy (non-hydrogen) atoms. The summed E-state index contributed by atoms with van der Waals surface area (Å²) in [5.74, 6) is 0.217. The van der Waals surface area contributed by atoms with Crippen molar-refractivity contribution in [2.45, 2.75) is 45.3 Å². The molecule has 1 aromatic heterocycles. The van der Waals surface area contributed by atoms with Gasteiger partial charge in [0.1, 0.15) is 0 Å². The van der Waals surface area contributed by atoms with Crippen molar-refractivity contribution in [3.63, 3.8) is 0 Å². The summed E-state index contributed by atoms with van der Waals surface area (Å²) in [5, 5.41) is 15.1. The summed E-state index contributed by atoms with van der Waals surface area (Å²) in [6, 6.07) is 11.5. The molecule has 0 saturated carbocycles. The lowest BCUT2D eigenvalue weighted by atomic mass is 10.0. The maximum atomic E-state index is 12.4. The third-order valence-corrected chi connectivity index (χ3v) is 4.68. The first-order valence-corrected chi connectivity index (χ1v) is 8.47. The van der Waals surface area contributed by atoms with Gasteiger partial charge in [-0.2, -0.15) is 0 Å². The van der Waals surface area contributed by atoms with E-state index in [9.17, 15) is 9.90 Å².